The van der Waals surface area contributed by atoms with E-state index in [1.54, 1.807) is 36.8 Å². The van der Waals surface area contributed by atoms with E-state index in [1.807, 2.05) is 18.2 Å². The van der Waals surface area contributed by atoms with Crippen LogP contribution in [0.15, 0.2) is 71.5 Å². The van der Waals surface area contributed by atoms with Crippen molar-refractivity contribution in [3.05, 3.63) is 84.4 Å². The molecule has 0 radical (unpaired) electrons. The van der Waals surface area contributed by atoms with Gasteiger partial charge in [-0.3, -0.25) is 9.97 Å². The molecule has 0 atom stereocenters. The molecule has 4 aromatic heterocycles. The number of hydrogen-bond donors (Lipinski definition) is 1. The largest absolute Gasteiger partial charge is 0.504 e. The Morgan fingerprint density at radius 3 is 2.50 bits per heavy atom. The monoisotopic (exact) mass is 399 g/mol. The minimum atomic E-state index is -0.314. The van der Waals surface area contributed by atoms with Gasteiger partial charge >= 0.3 is 0 Å². The molecular weight excluding hydrogens is 385 g/mol. The topological polar surface area (TPSA) is 97.8 Å². The minimum Gasteiger partial charge on any atom is -0.504 e. The smallest absolute Gasteiger partial charge is 0.270 e. The average molecular weight is 399 g/mol. The number of benzene rings is 1. The van der Waals surface area contributed by atoms with Gasteiger partial charge in [-0.25, -0.2) is 9.37 Å². The van der Waals surface area contributed by atoms with Crippen LogP contribution in [-0.2, 0) is 6.42 Å². The maximum Gasteiger partial charge on any atom is 0.270 e. The molecule has 146 valence electrons. The van der Waals surface area contributed by atoms with Crippen molar-refractivity contribution in [1.29, 1.82) is 0 Å². The van der Waals surface area contributed by atoms with Crippen LogP contribution in [0.3, 0.4) is 0 Å². The van der Waals surface area contributed by atoms with Crippen LogP contribution in [0.5, 0.6) is 5.75 Å². The molecule has 0 saturated heterocycles. The average Bonchev–Trinajstić information content (AvgIpc) is 3.25. The summed E-state index contributed by atoms with van der Waals surface area (Å²) in [5.74, 6) is -0.0522. The third-order valence-corrected chi connectivity index (χ3v) is 4.63. The molecule has 0 fully saturated rings. The molecule has 0 amide bonds. The van der Waals surface area contributed by atoms with Gasteiger partial charge in [-0.1, -0.05) is 12.1 Å². The molecule has 1 N–H and O–H groups in total. The van der Waals surface area contributed by atoms with Crippen molar-refractivity contribution in [3.63, 3.8) is 0 Å². The number of fused-ring (bicyclic) bond motifs is 1. The van der Waals surface area contributed by atoms with Gasteiger partial charge in [0.2, 0.25) is 5.89 Å². The number of halogens is 1. The van der Waals surface area contributed by atoms with E-state index in [2.05, 4.69) is 25.1 Å². The van der Waals surface area contributed by atoms with Gasteiger partial charge < -0.3 is 9.52 Å². The fraction of sp³-hybridized carbons (Fsp3) is 0.0455. The van der Waals surface area contributed by atoms with Crippen molar-refractivity contribution in [2.45, 2.75) is 6.42 Å². The summed E-state index contributed by atoms with van der Waals surface area (Å²) in [6.45, 7) is 0. The molecule has 5 rings (SSSR count). The van der Waals surface area contributed by atoms with Crippen molar-refractivity contribution in [3.8, 4) is 28.6 Å². The van der Waals surface area contributed by atoms with E-state index in [4.69, 9.17) is 4.42 Å². The maximum absolute atomic E-state index is 13.1. The van der Waals surface area contributed by atoms with Crippen LogP contribution in [0.1, 0.15) is 11.5 Å². The fourth-order valence-electron chi connectivity index (χ4n) is 3.20. The Labute approximate surface area is 169 Å². The summed E-state index contributed by atoms with van der Waals surface area (Å²) >= 11 is 0. The predicted octanol–water partition coefficient (Wildman–Crippen LogP) is 4.18. The van der Waals surface area contributed by atoms with Crippen molar-refractivity contribution >= 4 is 10.9 Å². The second kappa shape index (κ2) is 7.32. The van der Waals surface area contributed by atoms with E-state index in [0.29, 0.717) is 28.9 Å². The van der Waals surface area contributed by atoms with Crippen molar-refractivity contribution in [2.24, 2.45) is 0 Å². The predicted molar refractivity (Wildman–Crippen MR) is 107 cm³/mol. The quantitative estimate of drug-likeness (QED) is 0.484. The summed E-state index contributed by atoms with van der Waals surface area (Å²) in [5.41, 5.74) is 2.78. The zero-order valence-corrected chi connectivity index (χ0v) is 15.5. The summed E-state index contributed by atoms with van der Waals surface area (Å²) < 4.78 is 18.8. The van der Waals surface area contributed by atoms with E-state index in [9.17, 15) is 9.50 Å². The van der Waals surface area contributed by atoms with Crippen LogP contribution in [0.25, 0.3) is 33.7 Å². The highest BCUT2D eigenvalue weighted by Gasteiger charge is 2.21. The van der Waals surface area contributed by atoms with Gasteiger partial charge in [-0.15, -0.1) is 10.2 Å². The molecule has 30 heavy (non-hydrogen) atoms. The molecule has 0 unspecified atom stereocenters. The molecule has 0 saturated carbocycles. The summed E-state index contributed by atoms with van der Waals surface area (Å²) in [4.78, 5) is 13.0. The van der Waals surface area contributed by atoms with Crippen LogP contribution >= 0.6 is 0 Å². The van der Waals surface area contributed by atoms with Crippen LogP contribution in [0.4, 0.5) is 4.39 Å². The van der Waals surface area contributed by atoms with Crippen molar-refractivity contribution in [1.82, 2.24) is 25.1 Å². The molecule has 8 heteroatoms. The lowest BCUT2D eigenvalue weighted by atomic mass is 10.1. The SMILES string of the molecule is Oc1c(-c2nnc(Cc3ccc(F)cc3)o2)nc(-c2ccncc2)c2cccnc12. The first-order valence-electron chi connectivity index (χ1n) is 9.14. The number of aromatic hydroxyl groups is 1. The van der Waals surface area contributed by atoms with Crippen LogP contribution in [0.2, 0.25) is 0 Å². The van der Waals surface area contributed by atoms with E-state index >= 15 is 0 Å². The van der Waals surface area contributed by atoms with Gasteiger partial charge in [0, 0.05) is 29.5 Å². The Kier molecular flexibility index (Phi) is 4.36. The van der Waals surface area contributed by atoms with Crippen LogP contribution in [-0.4, -0.2) is 30.3 Å². The van der Waals surface area contributed by atoms with Gasteiger partial charge in [-0.2, -0.15) is 0 Å². The fourth-order valence-corrected chi connectivity index (χ4v) is 3.20. The lowest BCUT2D eigenvalue weighted by Gasteiger charge is -2.09. The molecule has 1 aromatic carbocycles. The standard InChI is InChI=1S/C22H14FN5O2/c23-15-5-3-13(4-6-15)12-17-27-28-22(30-17)20-21(29)19-16(2-1-9-25-19)18(26-20)14-7-10-24-11-8-14/h1-11,29H,12H2. The summed E-state index contributed by atoms with van der Waals surface area (Å²) in [6, 6.07) is 13.3. The van der Waals surface area contributed by atoms with Gasteiger partial charge in [0.15, 0.2) is 11.4 Å². The third kappa shape index (κ3) is 3.24. The molecule has 4 heterocycles. The minimum absolute atomic E-state index is 0.0764. The third-order valence-electron chi connectivity index (χ3n) is 4.63. The highest BCUT2D eigenvalue weighted by molar-refractivity contribution is 5.98. The first-order chi connectivity index (χ1) is 14.7. The van der Waals surface area contributed by atoms with E-state index in [-0.39, 0.29) is 23.2 Å². The Bertz CT molecular complexity index is 1340. The first kappa shape index (κ1) is 17.9. The molecule has 0 bridgehead atoms. The normalized spacial score (nSPS) is 11.1. The Balaban J connectivity index is 1.60. The van der Waals surface area contributed by atoms with Crippen molar-refractivity contribution in [2.75, 3.05) is 0 Å². The van der Waals surface area contributed by atoms with Crippen LogP contribution < -0.4 is 0 Å². The molecule has 0 aliphatic carbocycles. The Morgan fingerprint density at radius 2 is 1.70 bits per heavy atom. The zero-order valence-electron chi connectivity index (χ0n) is 15.5. The molecule has 0 aliphatic heterocycles. The second-order valence-electron chi connectivity index (χ2n) is 6.60. The van der Waals surface area contributed by atoms with Gasteiger partial charge in [0.1, 0.15) is 11.3 Å². The first-order valence-corrected chi connectivity index (χ1v) is 9.14. The summed E-state index contributed by atoms with van der Waals surface area (Å²) in [5, 5.41) is 19.6. The Hall–Kier alpha value is -4.20. The maximum atomic E-state index is 13.1. The number of pyridine rings is 3. The van der Waals surface area contributed by atoms with Crippen molar-refractivity contribution < 1.29 is 13.9 Å². The number of aromatic nitrogens is 5. The molecule has 0 aliphatic rings. The lowest BCUT2D eigenvalue weighted by Crippen LogP contribution is -1.94. The van der Waals surface area contributed by atoms with Gasteiger partial charge in [0.25, 0.3) is 5.89 Å². The number of hydrogen-bond acceptors (Lipinski definition) is 7. The summed E-state index contributed by atoms with van der Waals surface area (Å²) in [7, 11) is 0. The van der Waals surface area contributed by atoms with E-state index in [0.717, 1.165) is 11.1 Å². The lowest BCUT2D eigenvalue weighted by molar-refractivity contribution is 0.471. The molecule has 0 spiro atoms. The van der Waals surface area contributed by atoms with E-state index < -0.39 is 0 Å². The molecule has 7 nitrogen and oxygen atoms in total. The second-order valence-corrected chi connectivity index (χ2v) is 6.60. The molecular formula is C22H14FN5O2. The number of nitrogens with zero attached hydrogens (tertiary/aromatic N) is 5. The number of rotatable bonds is 4. The Morgan fingerprint density at radius 1 is 0.900 bits per heavy atom. The van der Waals surface area contributed by atoms with Gasteiger partial charge in [0.05, 0.1) is 12.1 Å². The van der Waals surface area contributed by atoms with Crippen LogP contribution in [0, 0.1) is 5.82 Å². The van der Waals surface area contributed by atoms with Gasteiger partial charge in [-0.05, 0) is 42.0 Å². The zero-order chi connectivity index (χ0) is 20.5. The van der Waals surface area contributed by atoms with E-state index in [1.165, 1.54) is 12.1 Å². The summed E-state index contributed by atoms with van der Waals surface area (Å²) in [6.07, 6.45) is 5.26. The highest BCUT2D eigenvalue weighted by Crippen LogP contribution is 2.37. The molecule has 5 aromatic rings. The highest BCUT2D eigenvalue weighted by atomic mass is 19.1.